The standard InChI is InChI=1S/C7H5FO2.Ag/c8-10-7(9)6-4-2-1-3-5-6;/h1-5H;/q;+1. The summed E-state index contributed by atoms with van der Waals surface area (Å²) in [5.74, 6) is -0.958. The molecule has 1 aromatic rings. The first-order valence-corrected chi connectivity index (χ1v) is 2.72. The minimum absolute atomic E-state index is 0. The molecule has 0 aliphatic carbocycles. The van der Waals surface area contributed by atoms with Crippen LogP contribution >= 0.6 is 0 Å². The van der Waals surface area contributed by atoms with Gasteiger partial charge in [-0.3, -0.25) is 0 Å². The molecule has 0 atom stereocenters. The Balaban J connectivity index is 0.000001000. The molecule has 0 radical (unpaired) electrons. The summed E-state index contributed by atoms with van der Waals surface area (Å²) in [5.41, 5.74) is 0.213. The van der Waals surface area contributed by atoms with E-state index >= 15 is 0 Å². The van der Waals surface area contributed by atoms with E-state index in [1.54, 1.807) is 18.2 Å². The van der Waals surface area contributed by atoms with Crippen LogP contribution in [0.25, 0.3) is 0 Å². The molecule has 0 aliphatic rings. The Labute approximate surface area is 78.8 Å². The first kappa shape index (κ1) is 10.4. The van der Waals surface area contributed by atoms with E-state index < -0.39 is 5.97 Å². The Morgan fingerprint density at radius 1 is 1.27 bits per heavy atom. The molecule has 0 spiro atoms. The van der Waals surface area contributed by atoms with Crippen LogP contribution in [0.5, 0.6) is 0 Å². The molecule has 4 heteroatoms. The maximum atomic E-state index is 11.2. The van der Waals surface area contributed by atoms with Gasteiger partial charge in [0.1, 0.15) is 0 Å². The van der Waals surface area contributed by atoms with Crippen molar-refractivity contribution in [2.75, 3.05) is 0 Å². The van der Waals surface area contributed by atoms with Gasteiger partial charge in [0, 0.05) is 4.53 Å². The van der Waals surface area contributed by atoms with E-state index in [1.807, 2.05) is 0 Å². The number of halogens is 1. The molecule has 0 saturated carbocycles. The van der Waals surface area contributed by atoms with Gasteiger partial charge in [0.05, 0.1) is 5.56 Å². The van der Waals surface area contributed by atoms with Crippen molar-refractivity contribution in [2.24, 2.45) is 0 Å². The van der Waals surface area contributed by atoms with Crippen molar-refractivity contribution in [2.45, 2.75) is 0 Å². The summed E-state index contributed by atoms with van der Waals surface area (Å²) in [6.45, 7) is 0. The van der Waals surface area contributed by atoms with Gasteiger partial charge < -0.3 is 0 Å². The number of hydrogen-bond acceptors (Lipinski definition) is 2. The molecule has 0 unspecified atom stereocenters. The number of hydrogen-bond donors (Lipinski definition) is 0. The van der Waals surface area contributed by atoms with Crippen LogP contribution in [0.4, 0.5) is 4.53 Å². The molecule has 62 valence electrons. The summed E-state index contributed by atoms with van der Waals surface area (Å²) in [6, 6.07) is 7.94. The van der Waals surface area contributed by atoms with E-state index in [2.05, 4.69) is 4.94 Å². The molecule has 1 rings (SSSR count). The van der Waals surface area contributed by atoms with Gasteiger partial charge in [-0.15, -0.1) is 0 Å². The minimum Gasteiger partial charge on any atom is -0.249 e. The molecule has 0 aromatic heterocycles. The van der Waals surface area contributed by atoms with Crippen molar-refractivity contribution in [3.05, 3.63) is 35.9 Å². The zero-order valence-electron chi connectivity index (χ0n) is 5.38. The fourth-order valence-electron chi connectivity index (χ4n) is 0.619. The summed E-state index contributed by atoms with van der Waals surface area (Å²) in [6.07, 6.45) is 0. The quantitative estimate of drug-likeness (QED) is 0.707. The van der Waals surface area contributed by atoms with Crippen molar-refractivity contribution >= 4 is 5.97 Å². The van der Waals surface area contributed by atoms with Crippen molar-refractivity contribution < 1.29 is 36.6 Å². The Hall–Kier alpha value is -0.640. The minimum atomic E-state index is -0.958. The predicted octanol–water partition coefficient (Wildman–Crippen LogP) is 1.73. The van der Waals surface area contributed by atoms with Crippen LogP contribution in [0.15, 0.2) is 30.3 Å². The summed E-state index contributed by atoms with van der Waals surface area (Å²) in [7, 11) is 0. The van der Waals surface area contributed by atoms with Gasteiger partial charge in [0.15, 0.2) is 0 Å². The fraction of sp³-hybridized carbons (Fsp3) is 0. The van der Waals surface area contributed by atoms with Gasteiger partial charge in [-0.05, 0) is 12.1 Å². The van der Waals surface area contributed by atoms with E-state index in [0.717, 1.165) is 0 Å². The third kappa shape index (κ3) is 2.84. The van der Waals surface area contributed by atoms with Gasteiger partial charge in [0.25, 0.3) is 0 Å². The fourth-order valence-corrected chi connectivity index (χ4v) is 0.619. The molecular formula is C7H5AgFO2+. The molecule has 0 fully saturated rings. The average molecular weight is 248 g/mol. The van der Waals surface area contributed by atoms with Gasteiger partial charge in [-0.1, -0.05) is 18.2 Å². The maximum Gasteiger partial charge on any atom is 1.00 e. The van der Waals surface area contributed by atoms with Crippen LogP contribution in [0.1, 0.15) is 10.4 Å². The third-order valence-corrected chi connectivity index (χ3v) is 1.08. The summed E-state index contributed by atoms with van der Waals surface area (Å²) >= 11 is 0. The molecule has 0 aliphatic heterocycles. The summed E-state index contributed by atoms with van der Waals surface area (Å²) in [5, 5.41) is 0. The van der Waals surface area contributed by atoms with Crippen molar-refractivity contribution in [3.8, 4) is 0 Å². The van der Waals surface area contributed by atoms with E-state index in [1.165, 1.54) is 12.1 Å². The second-order valence-corrected chi connectivity index (χ2v) is 1.73. The number of carbonyl (C=O) groups excluding carboxylic acids is 1. The van der Waals surface area contributed by atoms with Crippen molar-refractivity contribution in [1.82, 2.24) is 0 Å². The maximum absolute atomic E-state index is 11.2. The monoisotopic (exact) mass is 247 g/mol. The Kier molecular flexibility index (Phi) is 4.77. The number of carbonyl (C=O) groups is 1. The number of rotatable bonds is 1. The van der Waals surface area contributed by atoms with Gasteiger partial charge >= 0.3 is 28.3 Å². The van der Waals surface area contributed by atoms with Crippen molar-refractivity contribution in [1.29, 1.82) is 0 Å². The van der Waals surface area contributed by atoms with Gasteiger partial charge in [-0.25, -0.2) is 9.74 Å². The van der Waals surface area contributed by atoms with Crippen LogP contribution in [0.3, 0.4) is 0 Å². The second-order valence-electron chi connectivity index (χ2n) is 1.73. The first-order valence-electron chi connectivity index (χ1n) is 2.72. The van der Waals surface area contributed by atoms with Gasteiger partial charge in [-0.2, -0.15) is 0 Å². The topological polar surface area (TPSA) is 26.3 Å². The first-order chi connectivity index (χ1) is 4.84. The molecule has 11 heavy (non-hydrogen) atoms. The molecule has 1 aromatic carbocycles. The second kappa shape index (κ2) is 5.07. The molecular weight excluding hydrogens is 243 g/mol. The molecule has 0 N–H and O–H groups in total. The Morgan fingerprint density at radius 2 is 1.82 bits per heavy atom. The van der Waals surface area contributed by atoms with E-state index in [-0.39, 0.29) is 27.9 Å². The largest absolute Gasteiger partial charge is 1.00 e. The normalized spacial score (nSPS) is 8.09. The van der Waals surface area contributed by atoms with Crippen LogP contribution in [0, 0.1) is 0 Å². The van der Waals surface area contributed by atoms with Crippen LogP contribution < -0.4 is 0 Å². The van der Waals surface area contributed by atoms with Crippen LogP contribution in [-0.2, 0) is 27.3 Å². The SMILES string of the molecule is O=C(OF)c1ccccc1.[Ag+]. The summed E-state index contributed by atoms with van der Waals surface area (Å²) < 4.78 is 11.2. The smallest absolute Gasteiger partial charge is 0.249 e. The van der Waals surface area contributed by atoms with Crippen LogP contribution in [0.2, 0.25) is 0 Å². The van der Waals surface area contributed by atoms with E-state index in [0.29, 0.717) is 0 Å². The third-order valence-electron chi connectivity index (χ3n) is 1.08. The van der Waals surface area contributed by atoms with Crippen molar-refractivity contribution in [3.63, 3.8) is 0 Å². The van der Waals surface area contributed by atoms with E-state index in [9.17, 15) is 9.32 Å². The molecule has 0 bridgehead atoms. The zero-order valence-corrected chi connectivity index (χ0v) is 6.86. The van der Waals surface area contributed by atoms with Crippen LogP contribution in [-0.4, -0.2) is 5.97 Å². The molecule has 0 amide bonds. The predicted molar refractivity (Wildman–Crippen MR) is 33.0 cm³/mol. The van der Waals surface area contributed by atoms with E-state index in [4.69, 9.17) is 0 Å². The average Bonchev–Trinajstić information content (AvgIpc) is 2.05. The molecule has 2 nitrogen and oxygen atoms in total. The molecule has 0 saturated heterocycles. The summed E-state index contributed by atoms with van der Waals surface area (Å²) in [4.78, 5) is 13.4. The number of benzene rings is 1. The Morgan fingerprint density at radius 3 is 2.27 bits per heavy atom. The molecule has 0 heterocycles. The Bertz CT molecular complexity index is 225. The zero-order chi connectivity index (χ0) is 7.40. The van der Waals surface area contributed by atoms with Gasteiger partial charge in [0.2, 0.25) is 0 Å².